The number of nitrogens with zero attached hydrogens (tertiary/aromatic N) is 1. The van der Waals surface area contributed by atoms with E-state index in [0.29, 0.717) is 0 Å². The Balaban J connectivity index is 2.06. The van der Waals surface area contributed by atoms with Crippen LogP contribution in [0.3, 0.4) is 0 Å². The summed E-state index contributed by atoms with van der Waals surface area (Å²) < 4.78 is 41.0. The third-order valence-corrected chi connectivity index (χ3v) is 4.62. The van der Waals surface area contributed by atoms with Crippen LogP contribution in [-0.4, -0.2) is 34.7 Å². The molecule has 2 saturated heterocycles. The van der Waals surface area contributed by atoms with Crippen molar-refractivity contribution in [2.24, 2.45) is 5.73 Å². The molecule has 2 heterocycles. The van der Waals surface area contributed by atoms with Gasteiger partial charge in [0.1, 0.15) is 0 Å². The van der Waals surface area contributed by atoms with E-state index in [1.54, 1.807) is 11.0 Å². The van der Waals surface area contributed by atoms with Crippen molar-refractivity contribution in [3.05, 3.63) is 24.3 Å². The highest BCUT2D eigenvalue weighted by atomic mass is 19.4. The average Bonchev–Trinajstić information content (AvgIpc) is 2.88. The maximum Gasteiger partial charge on any atom is 0.412 e. The van der Waals surface area contributed by atoms with Crippen LogP contribution in [0.5, 0.6) is 0 Å². The number of nitrogens with two attached hydrogens (primary N) is 1. The Kier molecular flexibility index (Phi) is 2.61. The highest BCUT2D eigenvalue weighted by Crippen LogP contribution is 2.50. The van der Waals surface area contributed by atoms with Gasteiger partial charge in [0.2, 0.25) is 0 Å². The molecular formula is C13H17F3N2. The quantitative estimate of drug-likeness (QED) is 0.782. The molecule has 1 aliphatic carbocycles. The fourth-order valence-electron chi connectivity index (χ4n) is 3.85. The van der Waals surface area contributed by atoms with Gasteiger partial charge < -0.3 is 5.73 Å². The zero-order valence-electron chi connectivity index (χ0n) is 10.0. The van der Waals surface area contributed by atoms with Crippen LogP contribution in [0.4, 0.5) is 13.2 Å². The van der Waals surface area contributed by atoms with Crippen LogP contribution in [0.1, 0.15) is 25.7 Å². The van der Waals surface area contributed by atoms with Gasteiger partial charge >= 0.3 is 6.18 Å². The van der Waals surface area contributed by atoms with Crippen molar-refractivity contribution in [1.82, 2.24) is 4.90 Å². The van der Waals surface area contributed by atoms with Gasteiger partial charge in [-0.1, -0.05) is 24.3 Å². The summed E-state index contributed by atoms with van der Waals surface area (Å²) in [5.74, 6) is 0. The second-order valence-electron chi connectivity index (χ2n) is 5.46. The molecule has 5 heteroatoms. The van der Waals surface area contributed by atoms with Crippen molar-refractivity contribution in [2.75, 3.05) is 0 Å². The normalized spacial score (nSPS) is 43.9. The molecule has 0 saturated carbocycles. The fraction of sp³-hybridized carbons (Fsp3) is 0.692. The van der Waals surface area contributed by atoms with Crippen LogP contribution in [0.15, 0.2) is 24.3 Å². The van der Waals surface area contributed by atoms with Crippen molar-refractivity contribution < 1.29 is 13.2 Å². The highest BCUT2D eigenvalue weighted by molar-refractivity contribution is 5.32. The Bertz CT molecular complexity index is 382. The molecule has 2 fully saturated rings. The number of hydrogen-bond acceptors (Lipinski definition) is 2. The van der Waals surface area contributed by atoms with Crippen molar-refractivity contribution >= 4 is 0 Å². The zero-order valence-corrected chi connectivity index (χ0v) is 10.0. The van der Waals surface area contributed by atoms with E-state index in [4.69, 9.17) is 5.73 Å². The van der Waals surface area contributed by atoms with E-state index < -0.39 is 17.8 Å². The van der Waals surface area contributed by atoms with Gasteiger partial charge in [0.25, 0.3) is 0 Å². The maximum absolute atomic E-state index is 13.7. The molecule has 3 rings (SSSR count). The minimum absolute atomic E-state index is 0.0406. The Morgan fingerprint density at radius 3 is 2.06 bits per heavy atom. The van der Waals surface area contributed by atoms with E-state index in [1.165, 1.54) is 18.2 Å². The van der Waals surface area contributed by atoms with Crippen molar-refractivity contribution in [2.45, 2.75) is 55.5 Å². The van der Waals surface area contributed by atoms with E-state index >= 15 is 0 Å². The molecule has 18 heavy (non-hydrogen) atoms. The van der Waals surface area contributed by atoms with Crippen molar-refractivity contribution in [1.29, 1.82) is 0 Å². The predicted octanol–water partition coefficient (Wildman–Crippen LogP) is 2.37. The van der Waals surface area contributed by atoms with E-state index in [2.05, 4.69) is 0 Å². The summed E-state index contributed by atoms with van der Waals surface area (Å²) >= 11 is 0. The van der Waals surface area contributed by atoms with E-state index in [-0.39, 0.29) is 12.1 Å². The monoisotopic (exact) mass is 258 g/mol. The van der Waals surface area contributed by atoms with Gasteiger partial charge in [0.15, 0.2) is 5.54 Å². The molecule has 2 N–H and O–H groups in total. The standard InChI is InChI=1S/C13H17F3N2/c14-13(15,16)12(8-2-1-3-11(12)17)18-9-4-5-10(18)7-6-9/h1-3,8-11H,4-7,17H2. The van der Waals surface area contributed by atoms with Gasteiger partial charge in [-0.2, -0.15) is 13.2 Å². The van der Waals surface area contributed by atoms with Crippen molar-refractivity contribution in [3.63, 3.8) is 0 Å². The number of halogens is 3. The summed E-state index contributed by atoms with van der Waals surface area (Å²) in [7, 11) is 0. The molecule has 0 amide bonds. The van der Waals surface area contributed by atoms with Crippen LogP contribution in [-0.2, 0) is 0 Å². The second-order valence-corrected chi connectivity index (χ2v) is 5.46. The van der Waals surface area contributed by atoms with Crippen LogP contribution in [0.25, 0.3) is 0 Å². The lowest BCUT2D eigenvalue weighted by atomic mass is 9.83. The lowest BCUT2D eigenvalue weighted by Gasteiger charge is -2.47. The van der Waals surface area contributed by atoms with E-state index in [1.807, 2.05) is 0 Å². The summed E-state index contributed by atoms with van der Waals surface area (Å²) in [6.45, 7) is 0. The zero-order chi connectivity index (χ0) is 13.0. The highest BCUT2D eigenvalue weighted by Gasteiger charge is 2.65. The number of hydrogen-bond donors (Lipinski definition) is 1. The first-order chi connectivity index (χ1) is 8.47. The largest absolute Gasteiger partial charge is 0.412 e. The van der Waals surface area contributed by atoms with Gasteiger partial charge in [0, 0.05) is 12.1 Å². The topological polar surface area (TPSA) is 29.3 Å². The van der Waals surface area contributed by atoms with Gasteiger partial charge in [-0.05, 0) is 25.7 Å². The minimum Gasteiger partial charge on any atom is -0.322 e. The summed E-state index contributed by atoms with van der Waals surface area (Å²) in [6, 6.07) is -0.929. The number of rotatable bonds is 1. The summed E-state index contributed by atoms with van der Waals surface area (Å²) in [4.78, 5) is 1.65. The Morgan fingerprint density at radius 1 is 1.06 bits per heavy atom. The predicted molar refractivity (Wildman–Crippen MR) is 62.9 cm³/mol. The summed E-state index contributed by atoms with van der Waals surface area (Å²) in [5.41, 5.74) is 3.84. The van der Waals surface area contributed by atoms with Crippen LogP contribution in [0, 0.1) is 0 Å². The van der Waals surface area contributed by atoms with E-state index in [9.17, 15) is 13.2 Å². The van der Waals surface area contributed by atoms with Gasteiger partial charge in [0.05, 0.1) is 6.04 Å². The van der Waals surface area contributed by atoms with Gasteiger partial charge in [-0.15, -0.1) is 0 Å². The minimum atomic E-state index is -4.33. The first kappa shape index (κ1) is 12.2. The molecule has 0 aromatic carbocycles. The SMILES string of the molecule is NC1C=CC=CC1(N1C2CCC1CC2)C(F)(F)F. The fourth-order valence-corrected chi connectivity index (χ4v) is 3.85. The Morgan fingerprint density at radius 2 is 1.61 bits per heavy atom. The molecule has 2 nitrogen and oxygen atoms in total. The van der Waals surface area contributed by atoms with Crippen LogP contribution >= 0.6 is 0 Å². The molecule has 2 unspecified atom stereocenters. The number of alkyl halides is 3. The maximum atomic E-state index is 13.7. The Labute approximate surface area is 104 Å². The van der Waals surface area contributed by atoms with Gasteiger partial charge in [-0.25, -0.2) is 0 Å². The Hall–Kier alpha value is -0.810. The lowest BCUT2D eigenvalue weighted by Crippen LogP contribution is -2.68. The summed E-state index contributed by atoms with van der Waals surface area (Å²) in [6.07, 6.45) is 4.94. The molecule has 0 aromatic heterocycles. The average molecular weight is 258 g/mol. The molecule has 0 spiro atoms. The lowest BCUT2D eigenvalue weighted by molar-refractivity contribution is -0.222. The first-order valence-corrected chi connectivity index (χ1v) is 6.43. The van der Waals surface area contributed by atoms with Crippen molar-refractivity contribution in [3.8, 4) is 0 Å². The summed E-state index contributed by atoms with van der Waals surface area (Å²) in [5, 5.41) is 0. The molecular weight excluding hydrogens is 241 g/mol. The molecule has 2 aliphatic heterocycles. The molecule has 100 valence electrons. The molecule has 2 bridgehead atoms. The number of allylic oxidation sites excluding steroid dienone is 2. The molecule has 2 atom stereocenters. The molecule has 3 aliphatic rings. The first-order valence-electron chi connectivity index (χ1n) is 6.43. The van der Waals surface area contributed by atoms with Gasteiger partial charge in [-0.3, -0.25) is 4.90 Å². The third kappa shape index (κ3) is 1.43. The van der Waals surface area contributed by atoms with Crippen LogP contribution < -0.4 is 5.73 Å². The molecule has 0 aromatic rings. The number of fused-ring (bicyclic) bond motifs is 2. The second kappa shape index (κ2) is 3.84. The smallest absolute Gasteiger partial charge is 0.322 e. The third-order valence-electron chi connectivity index (χ3n) is 4.62. The van der Waals surface area contributed by atoms with Crippen LogP contribution in [0.2, 0.25) is 0 Å². The molecule has 0 radical (unpaired) electrons. The van der Waals surface area contributed by atoms with E-state index in [0.717, 1.165) is 25.7 Å².